The zero-order valence-electron chi connectivity index (χ0n) is 21.8. The number of hydrogen-bond acceptors (Lipinski definition) is 7. The van der Waals surface area contributed by atoms with Gasteiger partial charge in [0.1, 0.15) is 23.9 Å². The minimum Gasteiger partial charge on any atom is -0.447 e. The summed E-state index contributed by atoms with van der Waals surface area (Å²) in [6.45, 7) is 13.4. The van der Waals surface area contributed by atoms with Crippen LogP contribution in [0.3, 0.4) is 0 Å². The van der Waals surface area contributed by atoms with Crippen LogP contribution in [0.1, 0.15) is 61.0 Å². The van der Waals surface area contributed by atoms with Crippen molar-refractivity contribution in [2.75, 3.05) is 6.61 Å². The average Bonchev–Trinajstić information content (AvgIpc) is 3.05. The monoisotopic (exact) mass is 491 g/mol. The van der Waals surface area contributed by atoms with E-state index < -0.39 is 53.4 Å². The molecule has 1 fully saturated rings. The molecule has 1 aromatic carbocycles. The smallest absolute Gasteiger partial charge is 0.430 e. The van der Waals surface area contributed by atoms with E-state index in [2.05, 4.69) is 5.43 Å². The van der Waals surface area contributed by atoms with Gasteiger partial charge in [0.05, 0.1) is 6.04 Å². The highest BCUT2D eigenvalue weighted by molar-refractivity contribution is 5.98. The van der Waals surface area contributed by atoms with Gasteiger partial charge in [0.15, 0.2) is 0 Å². The number of imide groups is 1. The largest absolute Gasteiger partial charge is 0.447 e. The van der Waals surface area contributed by atoms with Crippen LogP contribution < -0.4 is 5.43 Å². The molecule has 10 heteroatoms. The number of rotatable bonds is 5. The summed E-state index contributed by atoms with van der Waals surface area (Å²) in [4.78, 5) is 53.1. The van der Waals surface area contributed by atoms with Crippen molar-refractivity contribution in [2.24, 2.45) is 5.92 Å². The van der Waals surface area contributed by atoms with E-state index in [-0.39, 0.29) is 6.61 Å². The second-order valence-corrected chi connectivity index (χ2v) is 10.8. The highest BCUT2D eigenvalue weighted by atomic mass is 16.6. The van der Waals surface area contributed by atoms with Crippen LogP contribution in [0.25, 0.3) is 0 Å². The van der Waals surface area contributed by atoms with Crippen LogP contribution in [0.2, 0.25) is 0 Å². The van der Waals surface area contributed by atoms with Crippen molar-refractivity contribution in [1.29, 1.82) is 0 Å². The number of ether oxygens (including phenoxy) is 3. The Labute approximate surface area is 206 Å². The van der Waals surface area contributed by atoms with Crippen molar-refractivity contribution in [3.05, 3.63) is 35.9 Å². The molecule has 1 heterocycles. The van der Waals surface area contributed by atoms with Crippen LogP contribution in [0.15, 0.2) is 30.3 Å². The summed E-state index contributed by atoms with van der Waals surface area (Å²) < 4.78 is 15.9. The third-order valence-corrected chi connectivity index (χ3v) is 4.88. The van der Waals surface area contributed by atoms with Gasteiger partial charge in [0.2, 0.25) is 0 Å². The Kier molecular flexibility index (Phi) is 8.75. The maximum absolute atomic E-state index is 13.8. The predicted molar refractivity (Wildman–Crippen MR) is 128 cm³/mol. The number of nitrogens with one attached hydrogen (secondary N) is 1. The first kappa shape index (κ1) is 27.9. The molecule has 10 nitrogen and oxygen atoms in total. The van der Waals surface area contributed by atoms with E-state index in [1.807, 2.05) is 30.3 Å². The van der Waals surface area contributed by atoms with E-state index in [1.165, 1.54) is 0 Å². The Hall–Kier alpha value is -3.30. The quantitative estimate of drug-likeness (QED) is 0.483. The molecule has 194 valence electrons. The van der Waals surface area contributed by atoms with Gasteiger partial charge in [-0.1, -0.05) is 44.2 Å². The number of carbonyl (C=O) groups excluding carboxylic acids is 4. The lowest BCUT2D eigenvalue weighted by molar-refractivity contribution is -0.137. The van der Waals surface area contributed by atoms with Gasteiger partial charge in [-0.25, -0.2) is 29.7 Å². The van der Waals surface area contributed by atoms with Crippen molar-refractivity contribution in [1.82, 2.24) is 15.3 Å². The van der Waals surface area contributed by atoms with Gasteiger partial charge in [0.25, 0.3) is 5.91 Å². The molecule has 1 saturated heterocycles. The van der Waals surface area contributed by atoms with E-state index in [1.54, 1.807) is 55.4 Å². The van der Waals surface area contributed by atoms with Crippen LogP contribution in [0.4, 0.5) is 14.4 Å². The zero-order chi connectivity index (χ0) is 26.6. The second-order valence-electron chi connectivity index (χ2n) is 10.8. The molecular formula is C25H37N3O7. The molecule has 35 heavy (non-hydrogen) atoms. The number of hydrazine groups is 1. The van der Waals surface area contributed by atoms with E-state index in [9.17, 15) is 19.2 Å². The molecule has 0 unspecified atom stereocenters. The first-order chi connectivity index (χ1) is 16.1. The molecule has 0 spiro atoms. The van der Waals surface area contributed by atoms with E-state index in [4.69, 9.17) is 14.2 Å². The fraction of sp³-hybridized carbons (Fsp3) is 0.600. The van der Waals surface area contributed by atoms with Gasteiger partial charge in [0, 0.05) is 0 Å². The van der Waals surface area contributed by atoms with Crippen LogP contribution in [0, 0.1) is 5.92 Å². The number of carbonyl (C=O) groups is 4. The minimum atomic E-state index is -1.26. The molecule has 0 saturated carbocycles. The Bertz CT molecular complexity index is 919. The van der Waals surface area contributed by atoms with Gasteiger partial charge in [-0.2, -0.15) is 0 Å². The summed E-state index contributed by atoms with van der Waals surface area (Å²) in [6, 6.07) is 7.56. The minimum absolute atomic E-state index is 0.0240. The lowest BCUT2D eigenvalue weighted by Gasteiger charge is -2.36. The highest BCUT2D eigenvalue weighted by Gasteiger charge is 2.46. The zero-order valence-corrected chi connectivity index (χ0v) is 21.8. The molecule has 1 N–H and O–H groups in total. The molecule has 1 aliphatic heterocycles. The predicted octanol–water partition coefficient (Wildman–Crippen LogP) is 4.28. The third-order valence-electron chi connectivity index (χ3n) is 4.88. The van der Waals surface area contributed by atoms with Gasteiger partial charge in [-0.15, -0.1) is 0 Å². The number of cyclic esters (lactones) is 1. The van der Waals surface area contributed by atoms with Gasteiger partial charge in [-0.3, -0.25) is 4.79 Å². The summed E-state index contributed by atoms with van der Waals surface area (Å²) in [6.07, 6.45) is -2.31. The SMILES string of the molecule is CC(C)[C@@H](C(=O)N1C(=O)OC[C@@H]1Cc1ccccc1)N(NC(=O)OC(C)(C)C)C(=O)OC(C)(C)C. The summed E-state index contributed by atoms with van der Waals surface area (Å²) in [7, 11) is 0. The Morgan fingerprint density at radius 2 is 1.63 bits per heavy atom. The van der Waals surface area contributed by atoms with Crippen molar-refractivity contribution < 1.29 is 33.4 Å². The molecule has 2 rings (SSSR count). The van der Waals surface area contributed by atoms with Crippen LogP contribution >= 0.6 is 0 Å². The normalized spacial score (nSPS) is 17.0. The fourth-order valence-electron chi connectivity index (χ4n) is 3.54. The van der Waals surface area contributed by atoms with Crippen molar-refractivity contribution in [2.45, 2.75) is 85.1 Å². The van der Waals surface area contributed by atoms with Crippen LogP contribution in [-0.2, 0) is 25.4 Å². The number of amides is 4. The van der Waals surface area contributed by atoms with Crippen molar-refractivity contribution >= 4 is 24.2 Å². The van der Waals surface area contributed by atoms with Gasteiger partial charge < -0.3 is 14.2 Å². The Morgan fingerprint density at radius 1 is 1.06 bits per heavy atom. The fourth-order valence-corrected chi connectivity index (χ4v) is 3.54. The molecular weight excluding hydrogens is 454 g/mol. The molecule has 1 aliphatic rings. The first-order valence-electron chi connectivity index (χ1n) is 11.6. The Balaban J connectivity index is 2.39. The Morgan fingerprint density at radius 3 is 2.14 bits per heavy atom. The number of hydrogen-bond donors (Lipinski definition) is 1. The topological polar surface area (TPSA) is 114 Å². The van der Waals surface area contributed by atoms with E-state index in [0.29, 0.717) is 6.42 Å². The third kappa shape index (κ3) is 8.15. The maximum atomic E-state index is 13.8. The summed E-state index contributed by atoms with van der Waals surface area (Å²) in [5, 5.41) is 0.803. The summed E-state index contributed by atoms with van der Waals surface area (Å²) >= 11 is 0. The van der Waals surface area contributed by atoms with Gasteiger partial charge in [-0.05, 0) is 59.4 Å². The maximum Gasteiger partial charge on any atom is 0.430 e. The summed E-state index contributed by atoms with van der Waals surface area (Å²) in [5.41, 5.74) is 1.53. The molecule has 2 atom stereocenters. The van der Waals surface area contributed by atoms with Gasteiger partial charge >= 0.3 is 18.3 Å². The van der Waals surface area contributed by atoms with Crippen molar-refractivity contribution in [3.8, 4) is 0 Å². The van der Waals surface area contributed by atoms with Crippen LogP contribution in [0.5, 0.6) is 0 Å². The number of benzene rings is 1. The standard InChI is InChI=1S/C25H37N3O7/c1-16(2)19(28(23(32)35-25(6,7)8)26-21(30)34-24(3,4)5)20(29)27-18(15-33-22(27)31)14-17-12-10-9-11-13-17/h9-13,16,18-19H,14-15H2,1-8H3,(H,26,30)/t18-,19-/m0/s1. The first-order valence-corrected chi connectivity index (χ1v) is 11.6. The van der Waals surface area contributed by atoms with Crippen LogP contribution in [-0.4, -0.2) is 64.0 Å². The summed E-state index contributed by atoms with van der Waals surface area (Å²) in [5.74, 6) is -1.19. The van der Waals surface area contributed by atoms with Crippen molar-refractivity contribution in [3.63, 3.8) is 0 Å². The molecule has 0 aromatic heterocycles. The molecule has 0 radical (unpaired) electrons. The molecule has 1 aromatic rings. The lowest BCUT2D eigenvalue weighted by atomic mass is 10.00. The average molecular weight is 492 g/mol. The van der Waals surface area contributed by atoms with E-state index in [0.717, 1.165) is 15.5 Å². The molecule has 0 bridgehead atoms. The lowest BCUT2D eigenvalue weighted by Crippen LogP contribution is -2.62. The highest BCUT2D eigenvalue weighted by Crippen LogP contribution is 2.24. The number of nitrogens with zero attached hydrogens (tertiary/aromatic N) is 2. The van der Waals surface area contributed by atoms with E-state index >= 15 is 0 Å². The molecule has 4 amide bonds. The second kappa shape index (κ2) is 11.0. The molecule has 0 aliphatic carbocycles.